The molecule has 0 saturated carbocycles. The lowest BCUT2D eigenvalue weighted by atomic mass is 9.89. The molecule has 90 valence electrons. The summed E-state index contributed by atoms with van der Waals surface area (Å²) >= 11 is 0. The predicted molar refractivity (Wildman–Crippen MR) is 64.4 cm³/mol. The second-order valence-corrected chi connectivity index (χ2v) is 4.83. The number of aromatic nitrogens is 1. The number of rotatable bonds is 2. The van der Waals surface area contributed by atoms with Crippen LogP contribution in [0, 0.1) is 5.41 Å². The minimum absolute atomic E-state index is 0.0615. The van der Waals surface area contributed by atoms with Gasteiger partial charge in [-0.15, -0.1) is 0 Å². The summed E-state index contributed by atoms with van der Waals surface area (Å²) in [6.45, 7) is 7.99. The SMILES string of the molecule is C=C1O/C(=C/c2ccc(C(=O)O)[nH]2)CC1(C)C. The lowest BCUT2D eigenvalue weighted by molar-refractivity contribution is 0.0691. The molecule has 4 nitrogen and oxygen atoms in total. The largest absolute Gasteiger partial charge is 0.477 e. The molecule has 1 aromatic heterocycles. The Morgan fingerprint density at radius 3 is 2.76 bits per heavy atom. The van der Waals surface area contributed by atoms with E-state index in [4.69, 9.17) is 9.84 Å². The average Bonchev–Trinajstić information content (AvgIpc) is 2.73. The molecule has 1 fully saturated rings. The number of nitrogens with one attached hydrogen (secondary N) is 1. The molecule has 1 saturated heterocycles. The zero-order chi connectivity index (χ0) is 12.6. The number of hydrogen-bond acceptors (Lipinski definition) is 2. The fourth-order valence-electron chi connectivity index (χ4n) is 1.74. The van der Waals surface area contributed by atoms with Crippen molar-refractivity contribution in [2.45, 2.75) is 20.3 Å². The molecular formula is C13H15NO3. The lowest BCUT2D eigenvalue weighted by Gasteiger charge is -2.12. The van der Waals surface area contributed by atoms with Gasteiger partial charge in [0.2, 0.25) is 0 Å². The van der Waals surface area contributed by atoms with Crippen molar-refractivity contribution in [3.8, 4) is 0 Å². The second-order valence-electron chi connectivity index (χ2n) is 4.83. The molecule has 1 aliphatic rings. The topological polar surface area (TPSA) is 62.3 Å². The van der Waals surface area contributed by atoms with Crippen molar-refractivity contribution in [2.24, 2.45) is 5.41 Å². The summed E-state index contributed by atoms with van der Waals surface area (Å²) in [4.78, 5) is 13.5. The summed E-state index contributed by atoms with van der Waals surface area (Å²) in [6.07, 6.45) is 2.58. The van der Waals surface area contributed by atoms with Gasteiger partial charge < -0.3 is 14.8 Å². The number of carboxylic acids is 1. The summed E-state index contributed by atoms with van der Waals surface area (Å²) in [5.74, 6) is 0.583. The van der Waals surface area contributed by atoms with Gasteiger partial charge >= 0.3 is 5.97 Å². The van der Waals surface area contributed by atoms with E-state index in [1.54, 1.807) is 6.07 Å². The number of hydrogen-bond donors (Lipinski definition) is 2. The van der Waals surface area contributed by atoms with Crippen LogP contribution in [0.25, 0.3) is 6.08 Å². The zero-order valence-electron chi connectivity index (χ0n) is 9.91. The van der Waals surface area contributed by atoms with Crippen molar-refractivity contribution in [1.29, 1.82) is 0 Å². The van der Waals surface area contributed by atoms with E-state index in [-0.39, 0.29) is 11.1 Å². The first-order valence-electron chi connectivity index (χ1n) is 5.38. The Balaban J connectivity index is 2.20. The van der Waals surface area contributed by atoms with Gasteiger partial charge in [-0.1, -0.05) is 20.4 Å². The smallest absolute Gasteiger partial charge is 0.352 e. The van der Waals surface area contributed by atoms with E-state index in [1.807, 2.05) is 6.08 Å². The molecule has 0 unspecified atom stereocenters. The minimum atomic E-state index is -0.966. The van der Waals surface area contributed by atoms with Crippen molar-refractivity contribution >= 4 is 12.0 Å². The molecule has 0 radical (unpaired) electrons. The van der Waals surface area contributed by atoms with Crippen molar-refractivity contribution in [2.75, 3.05) is 0 Å². The molecule has 0 bridgehead atoms. The molecule has 0 atom stereocenters. The van der Waals surface area contributed by atoms with Gasteiger partial charge in [0.25, 0.3) is 0 Å². The highest BCUT2D eigenvalue weighted by molar-refractivity contribution is 5.86. The van der Waals surface area contributed by atoms with Gasteiger partial charge in [-0.25, -0.2) is 4.79 Å². The number of ether oxygens (including phenoxy) is 1. The van der Waals surface area contributed by atoms with E-state index >= 15 is 0 Å². The number of H-pyrrole nitrogens is 1. The average molecular weight is 233 g/mol. The van der Waals surface area contributed by atoms with Crippen LogP contribution < -0.4 is 0 Å². The molecule has 17 heavy (non-hydrogen) atoms. The standard InChI is InChI=1S/C13H15NO3/c1-8-13(2,3)7-10(17-8)6-9-4-5-11(14-9)12(15)16/h4-6,14H,1,7H2,2-3H3,(H,15,16)/b10-6+. The van der Waals surface area contributed by atoms with Crippen LogP contribution in [0.4, 0.5) is 0 Å². The van der Waals surface area contributed by atoms with Gasteiger partial charge in [-0.05, 0) is 18.2 Å². The van der Waals surface area contributed by atoms with Crippen molar-refractivity contribution in [3.05, 3.63) is 41.6 Å². The van der Waals surface area contributed by atoms with Crippen molar-refractivity contribution in [1.82, 2.24) is 4.98 Å². The van der Waals surface area contributed by atoms with Crippen molar-refractivity contribution in [3.63, 3.8) is 0 Å². The van der Waals surface area contributed by atoms with Gasteiger partial charge in [-0.2, -0.15) is 0 Å². The van der Waals surface area contributed by atoms with Gasteiger partial charge in [0.15, 0.2) is 0 Å². The number of allylic oxidation sites excluding steroid dienone is 2. The molecule has 0 aromatic carbocycles. The normalized spacial score (nSPS) is 20.6. The number of aromatic amines is 1. The molecule has 0 spiro atoms. The van der Waals surface area contributed by atoms with Gasteiger partial charge in [0, 0.05) is 17.5 Å². The highest BCUT2D eigenvalue weighted by atomic mass is 16.5. The molecule has 0 amide bonds. The minimum Gasteiger partial charge on any atom is -0.477 e. The first-order chi connectivity index (χ1) is 7.88. The molecule has 0 aliphatic carbocycles. The first-order valence-corrected chi connectivity index (χ1v) is 5.38. The fourth-order valence-corrected chi connectivity index (χ4v) is 1.74. The third kappa shape index (κ3) is 2.25. The quantitative estimate of drug-likeness (QED) is 0.825. The lowest BCUT2D eigenvalue weighted by Crippen LogP contribution is -2.05. The summed E-state index contributed by atoms with van der Waals surface area (Å²) in [5, 5.41) is 8.79. The van der Waals surface area contributed by atoms with E-state index in [9.17, 15) is 4.79 Å². The fraction of sp³-hybridized carbons (Fsp3) is 0.308. The van der Waals surface area contributed by atoms with E-state index in [0.29, 0.717) is 0 Å². The van der Waals surface area contributed by atoms with Gasteiger partial charge in [0.1, 0.15) is 17.2 Å². The van der Waals surface area contributed by atoms with E-state index in [1.165, 1.54) is 6.07 Å². The Kier molecular flexibility index (Phi) is 2.58. The predicted octanol–water partition coefficient (Wildman–Crippen LogP) is 3.01. The number of aromatic carboxylic acids is 1. The van der Waals surface area contributed by atoms with Crippen LogP contribution in [0.1, 0.15) is 36.5 Å². The van der Waals surface area contributed by atoms with Crippen LogP contribution in [0.5, 0.6) is 0 Å². The Hall–Kier alpha value is -1.97. The summed E-state index contributed by atoms with van der Waals surface area (Å²) in [6, 6.07) is 3.25. The van der Waals surface area contributed by atoms with Crippen LogP contribution >= 0.6 is 0 Å². The Bertz CT molecular complexity index is 508. The van der Waals surface area contributed by atoms with Crippen LogP contribution in [0.15, 0.2) is 30.2 Å². The first kappa shape index (κ1) is 11.5. The number of carbonyl (C=O) groups is 1. The van der Waals surface area contributed by atoms with Crippen LogP contribution in [-0.4, -0.2) is 16.1 Å². The Morgan fingerprint density at radius 2 is 2.29 bits per heavy atom. The van der Waals surface area contributed by atoms with Crippen molar-refractivity contribution < 1.29 is 14.6 Å². The molecule has 4 heteroatoms. The molecule has 1 aromatic rings. The Labute approximate surface area is 99.6 Å². The summed E-state index contributed by atoms with van der Waals surface area (Å²) < 4.78 is 5.55. The maximum absolute atomic E-state index is 10.7. The molecular weight excluding hydrogens is 218 g/mol. The highest BCUT2D eigenvalue weighted by Crippen LogP contribution is 2.42. The molecule has 2 rings (SSSR count). The maximum atomic E-state index is 10.7. The molecule has 2 N–H and O–H groups in total. The third-order valence-corrected chi connectivity index (χ3v) is 2.88. The number of carboxylic acid groups (broad SMARTS) is 1. The van der Waals surface area contributed by atoms with E-state index in [2.05, 4.69) is 25.4 Å². The van der Waals surface area contributed by atoms with Gasteiger partial charge in [-0.3, -0.25) is 0 Å². The van der Waals surface area contributed by atoms with Crippen LogP contribution in [0.3, 0.4) is 0 Å². The second kappa shape index (κ2) is 3.80. The molecule has 1 aliphatic heterocycles. The van der Waals surface area contributed by atoms with Crippen LogP contribution in [-0.2, 0) is 4.74 Å². The van der Waals surface area contributed by atoms with E-state index in [0.717, 1.165) is 23.6 Å². The molecule has 2 heterocycles. The Morgan fingerprint density at radius 1 is 1.59 bits per heavy atom. The third-order valence-electron chi connectivity index (χ3n) is 2.88. The zero-order valence-corrected chi connectivity index (χ0v) is 9.91. The summed E-state index contributed by atoms with van der Waals surface area (Å²) in [5.41, 5.74) is 0.837. The maximum Gasteiger partial charge on any atom is 0.352 e. The van der Waals surface area contributed by atoms with Crippen LogP contribution in [0.2, 0.25) is 0 Å². The van der Waals surface area contributed by atoms with E-state index < -0.39 is 5.97 Å². The monoisotopic (exact) mass is 233 g/mol. The van der Waals surface area contributed by atoms with Gasteiger partial charge in [0.05, 0.1) is 0 Å². The highest BCUT2D eigenvalue weighted by Gasteiger charge is 2.33. The summed E-state index contributed by atoms with van der Waals surface area (Å²) in [7, 11) is 0.